The van der Waals surface area contributed by atoms with Crippen molar-refractivity contribution >= 4 is 23.2 Å². The molecule has 0 saturated carbocycles. The van der Waals surface area contributed by atoms with E-state index in [0.29, 0.717) is 17.0 Å². The van der Waals surface area contributed by atoms with Crippen LogP contribution in [-0.4, -0.2) is 10.4 Å². The van der Waals surface area contributed by atoms with Gasteiger partial charge in [0.15, 0.2) is 5.78 Å². The maximum atomic E-state index is 13.7. The highest BCUT2D eigenvalue weighted by Gasteiger charge is 2.41. The van der Waals surface area contributed by atoms with E-state index >= 15 is 0 Å². The van der Waals surface area contributed by atoms with Gasteiger partial charge in [-0.05, 0) is 56.4 Å². The van der Waals surface area contributed by atoms with Gasteiger partial charge in [0.05, 0.1) is 5.56 Å². The first-order chi connectivity index (χ1) is 15.8. The van der Waals surface area contributed by atoms with Gasteiger partial charge in [0.25, 0.3) is 0 Å². The molecule has 0 saturated heterocycles. The molecule has 2 atom stereocenters. The average molecular weight is 456 g/mol. The number of anilines is 1. The maximum absolute atomic E-state index is 13.7. The molecule has 0 spiro atoms. The van der Waals surface area contributed by atoms with E-state index in [0.717, 1.165) is 34.6 Å². The quantitative estimate of drug-likeness (QED) is 0.466. The van der Waals surface area contributed by atoms with Crippen molar-refractivity contribution in [2.75, 3.05) is 5.32 Å². The Morgan fingerprint density at radius 3 is 2.36 bits per heavy atom. The summed E-state index contributed by atoms with van der Waals surface area (Å²) in [5.41, 5.74) is 5.13. The van der Waals surface area contributed by atoms with Crippen molar-refractivity contribution in [3.05, 3.63) is 99.3 Å². The van der Waals surface area contributed by atoms with Gasteiger partial charge in [-0.1, -0.05) is 54.1 Å². The molecule has 2 aliphatic rings. The number of rotatable bonds is 2. The Balaban J connectivity index is 1.72. The number of allylic oxidation sites excluding steroid dienone is 2. The Hall–Kier alpha value is -3.29. The lowest BCUT2D eigenvalue weighted by Gasteiger charge is -2.37. The summed E-state index contributed by atoms with van der Waals surface area (Å²) in [6.07, 6.45) is 3.13. The number of nitrogens with zero attached hydrogens (tertiary/aromatic N) is 2. The number of Topliss-reactive ketones (excluding diaryl/α,β-unsaturated/α-hetero) is 1. The Labute approximate surface area is 199 Å². The standard InChI is InChI=1S/C28H26ClN3O/c1-28(2,3)32-16-20(15-30)25-24(18-9-11-21(29)12-10-18)26-22(31-27(25)32)13-19(14-23(26)33)17-7-5-4-6-8-17/h4-12,16,19,24,31H,13-14H2,1-3H3/t19-,24-/m0/s1. The van der Waals surface area contributed by atoms with Gasteiger partial charge in [0.1, 0.15) is 11.9 Å². The summed E-state index contributed by atoms with van der Waals surface area (Å²) < 4.78 is 2.13. The molecule has 0 unspecified atom stereocenters. The molecule has 2 heterocycles. The molecule has 1 N–H and O–H groups in total. The van der Waals surface area contributed by atoms with E-state index in [-0.39, 0.29) is 23.2 Å². The number of fused-ring (bicyclic) bond motifs is 1. The molecule has 3 aromatic rings. The molecule has 1 aliphatic carbocycles. The van der Waals surface area contributed by atoms with E-state index < -0.39 is 0 Å². The van der Waals surface area contributed by atoms with Gasteiger partial charge < -0.3 is 9.88 Å². The summed E-state index contributed by atoms with van der Waals surface area (Å²) in [5.74, 6) is 0.872. The fraction of sp³-hybridized carbons (Fsp3) is 0.286. The normalized spacial score (nSPS) is 20.0. The third-order valence-corrected chi connectivity index (χ3v) is 6.97. The van der Waals surface area contributed by atoms with Gasteiger partial charge in [-0.15, -0.1) is 0 Å². The third kappa shape index (κ3) is 3.67. The number of nitriles is 1. The lowest BCUT2D eigenvalue weighted by molar-refractivity contribution is -0.116. The number of nitrogens with one attached hydrogen (secondary N) is 1. The number of aromatic nitrogens is 1. The monoisotopic (exact) mass is 455 g/mol. The first kappa shape index (κ1) is 21.6. The first-order valence-corrected chi connectivity index (χ1v) is 11.6. The van der Waals surface area contributed by atoms with Crippen LogP contribution in [0.5, 0.6) is 0 Å². The predicted octanol–water partition coefficient (Wildman–Crippen LogP) is 6.73. The van der Waals surface area contributed by atoms with Crippen molar-refractivity contribution in [3.8, 4) is 6.07 Å². The summed E-state index contributed by atoms with van der Waals surface area (Å²) in [4.78, 5) is 13.7. The van der Waals surface area contributed by atoms with Gasteiger partial charge in [-0.2, -0.15) is 5.26 Å². The second kappa shape index (κ2) is 7.93. The molecule has 0 fully saturated rings. The second-order valence-corrected chi connectivity index (χ2v) is 10.3. The van der Waals surface area contributed by atoms with Crippen molar-refractivity contribution in [1.29, 1.82) is 5.26 Å². The summed E-state index contributed by atoms with van der Waals surface area (Å²) in [6.45, 7) is 6.36. The minimum atomic E-state index is -0.295. The van der Waals surface area contributed by atoms with Crippen LogP contribution in [-0.2, 0) is 10.3 Å². The second-order valence-electron chi connectivity index (χ2n) is 9.90. The van der Waals surface area contributed by atoms with Gasteiger partial charge in [0, 0.05) is 45.9 Å². The molecular formula is C28H26ClN3O. The van der Waals surface area contributed by atoms with Gasteiger partial charge in [0.2, 0.25) is 0 Å². The van der Waals surface area contributed by atoms with E-state index in [4.69, 9.17) is 11.6 Å². The van der Waals surface area contributed by atoms with Crippen LogP contribution in [0.2, 0.25) is 5.02 Å². The number of halogens is 1. The van der Waals surface area contributed by atoms with Crippen LogP contribution in [0.4, 0.5) is 5.82 Å². The van der Waals surface area contributed by atoms with E-state index in [1.54, 1.807) is 0 Å². The molecule has 2 aromatic carbocycles. The molecular weight excluding hydrogens is 430 g/mol. The van der Waals surface area contributed by atoms with Crippen LogP contribution < -0.4 is 5.32 Å². The van der Waals surface area contributed by atoms with E-state index in [9.17, 15) is 10.1 Å². The summed E-state index contributed by atoms with van der Waals surface area (Å²) in [5, 5.41) is 14.3. The fourth-order valence-electron chi connectivity index (χ4n) is 5.18. The van der Waals surface area contributed by atoms with Crippen LogP contribution in [0.25, 0.3) is 0 Å². The molecule has 1 aromatic heterocycles. The summed E-state index contributed by atoms with van der Waals surface area (Å²) in [6, 6.07) is 20.3. The minimum Gasteiger partial charge on any atom is -0.344 e. The van der Waals surface area contributed by atoms with Crippen molar-refractivity contribution in [2.24, 2.45) is 0 Å². The third-order valence-electron chi connectivity index (χ3n) is 6.72. The maximum Gasteiger partial charge on any atom is 0.162 e. The molecule has 33 heavy (non-hydrogen) atoms. The van der Waals surface area contributed by atoms with Crippen LogP contribution in [0.3, 0.4) is 0 Å². The molecule has 0 amide bonds. The van der Waals surface area contributed by atoms with Gasteiger partial charge in [-0.25, -0.2) is 0 Å². The number of hydrogen-bond donors (Lipinski definition) is 1. The summed E-state index contributed by atoms with van der Waals surface area (Å²) in [7, 11) is 0. The number of ketones is 1. The number of hydrogen-bond acceptors (Lipinski definition) is 3. The highest BCUT2D eigenvalue weighted by molar-refractivity contribution is 6.30. The number of carbonyl (C=O) groups excluding carboxylic acids is 1. The molecule has 1 aliphatic heterocycles. The van der Waals surface area contributed by atoms with Gasteiger partial charge in [-0.3, -0.25) is 4.79 Å². The Kier molecular flexibility index (Phi) is 5.18. The molecule has 0 bridgehead atoms. The minimum absolute atomic E-state index is 0.130. The molecule has 5 rings (SSSR count). The lowest BCUT2D eigenvalue weighted by atomic mass is 9.72. The van der Waals surface area contributed by atoms with Crippen molar-refractivity contribution < 1.29 is 4.79 Å². The van der Waals surface area contributed by atoms with E-state index in [2.05, 4.69) is 48.9 Å². The zero-order valence-corrected chi connectivity index (χ0v) is 19.8. The van der Waals surface area contributed by atoms with E-state index in [1.807, 2.05) is 48.7 Å². The van der Waals surface area contributed by atoms with Gasteiger partial charge >= 0.3 is 0 Å². The Morgan fingerprint density at radius 2 is 1.73 bits per heavy atom. The molecule has 0 radical (unpaired) electrons. The fourth-order valence-corrected chi connectivity index (χ4v) is 5.31. The number of carbonyl (C=O) groups is 1. The smallest absolute Gasteiger partial charge is 0.162 e. The Morgan fingerprint density at radius 1 is 1.03 bits per heavy atom. The van der Waals surface area contributed by atoms with Crippen molar-refractivity contribution in [2.45, 2.75) is 51.0 Å². The average Bonchev–Trinajstić information content (AvgIpc) is 3.18. The predicted molar refractivity (Wildman–Crippen MR) is 132 cm³/mol. The molecule has 5 heteroatoms. The van der Waals surface area contributed by atoms with Crippen LogP contribution in [0.1, 0.15) is 67.7 Å². The Bertz CT molecular complexity index is 1300. The zero-order valence-electron chi connectivity index (χ0n) is 19.0. The summed E-state index contributed by atoms with van der Waals surface area (Å²) >= 11 is 6.18. The molecule has 4 nitrogen and oxygen atoms in total. The van der Waals surface area contributed by atoms with Crippen LogP contribution in [0.15, 0.2) is 72.1 Å². The molecule has 166 valence electrons. The lowest BCUT2D eigenvalue weighted by Crippen LogP contribution is -2.32. The topological polar surface area (TPSA) is 57.8 Å². The SMILES string of the molecule is CC(C)(C)n1cc(C#N)c2c1NC1=C(C(=O)C[C@@H](c3ccccc3)C1)[C@H]2c1ccc(Cl)cc1. The number of benzene rings is 2. The first-order valence-electron chi connectivity index (χ1n) is 11.3. The largest absolute Gasteiger partial charge is 0.344 e. The highest BCUT2D eigenvalue weighted by Crippen LogP contribution is 2.50. The zero-order chi connectivity index (χ0) is 23.3. The van der Waals surface area contributed by atoms with Crippen LogP contribution >= 0.6 is 11.6 Å². The van der Waals surface area contributed by atoms with Crippen molar-refractivity contribution in [1.82, 2.24) is 4.57 Å². The highest BCUT2D eigenvalue weighted by atomic mass is 35.5. The van der Waals surface area contributed by atoms with Crippen molar-refractivity contribution in [3.63, 3.8) is 0 Å². The van der Waals surface area contributed by atoms with Crippen LogP contribution in [0, 0.1) is 11.3 Å². The van der Waals surface area contributed by atoms with E-state index in [1.165, 1.54) is 5.56 Å².